The first-order valence-corrected chi connectivity index (χ1v) is 6.30. The van der Waals surface area contributed by atoms with Gasteiger partial charge in [0, 0.05) is 0 Å². The highest BCUT2D eigenvalue weighted by Gasteiger charge is 2.49. The summed E-state index contributed by atoms with van der Waals surface area (Å²) in [4.78, 5) is 11.8. The number of hydrogen-bond donors (Lipinski definition) is 2. The minimum absolute atomic E-state index is 0.0510. The fourth-order valence-corrected chi connectivity index (χ4v) is 2.07. The summed E-state index contributed by atoms with van der Waals surface area (Å²) < 4.78 is 10.4. The lowest BCUT2D eigenvalue weighted by molar-refractivity contribution is -0.149. The van der Waals surface area contributed by atoms with E-state index in [0.29, 0.717) is 5.75 Å². The molecular formula is C14H19NO4. The minimum atomic E-state index is -1.08. The van der Waals surface area contributed by atoms with Crippen molar-refractivity contribution in [1.29, 1.82) is 0 Å². The number of aliphatic hydroxyl groups is 1. The third-order valence-corrected chi connectivity index (χ3v) is 3.43. The summed E-state index contributed by atoms with van der Waals surface area (Å²) in [5.74, 6) is 0.278. The monoisotopic (exact) mass is 265 g/mol. The number of rotatable bonds is 6. The van der Waals surface area contributed by atoms with Crippen LogP contribution in [0.1, 0.15) is 18.4 Å². The van der Waals surface area contributed by atoms with Crippen LogP contribution in [-0.2, 0) is 16.1 Å². The Hall–Kier alpha value is -1.59. The smallest absolute Gasteiger partial charge is 0.329 e. The van der Waals surface area contributed by atoms with Gasteiger partial charge in [0.1, 0.15) is 12.4 Å². The van der Waals surface area contributed by atoms with Crippen molar-refractivity contribution >= 4 is 5.97 Å². The van der Waals surface area contributed by atoms with Gasteiger partial charge in [0.15, 0.2) is 5.54 Å². The topological polar surface area (TPSA) is 81.8 Å². The molecule has 19 heavy (non-hydrogen) atoms. The highest BCUT2D eigenvalue weighted by Crippen LogP contribution is 2.39. The Morgan fingerprint density at radius 2 is 2.26 bits per heavy atom. The van der Waals surface area contributed by atoms with Crippen LogP contribution in [-0.4, -0.2) is 30.3 Å². The molecule has 5 nitrogen and oxygen atoms in total. The number of carbonyl (C=O) groups excluding carboxylic acids is 1. The summed E-state index contributed by atoms with van der Waals surface area (Å²) in [5.41, 5.74) is 5.80. The second-order valence-corrected chi connectivity index (χ2v) is 4.90. The van der Waals surface area contributed by atoms with Gasteiger partial charge in [-0.05, 0) is 36.5 Å². The van der Waals surface area contributed by atoms with Crippen molar-refractivity contribution in [3.63, 3.8) is 0 Å². The molecular weight excluding hydrogens is 246 g/mol. The molecule has 1 aromatic rings. The maximum atomic E-state index is 11.8. The van der Waals surface area contributed by atoms with E-state index in [-0.39, 0.29) is 19.1 Å². The van der Waals surface area contributed by atoms with E-state index in [9.17, 15) is 4.79 Å². The summed E-state index contributed by atoms with van der Waals surface area (Å²) in [6.45, 7) is 0.0316. The average Bonchev–Trinajstić information content (AvgIpc) is 3.29. The minimum Gasteiger partial charge on any atom is -0.491 e. The molecule has 0 saturated heterocycles. The second-order valence-electron chi connectivity index (χ2n) is 4.90. The Morgan fingerprint density at radius 1 is 1.53 bits per heavy atom. The standard InChI is InChI=1S/C14H19NO4/c1-18-13(17)14(15,11-5-6-11)9-19-12-4-2-3-10(7-12)8-16/h2-4,7,11,16H,5-6,8-9,15H2,1H3. The molecule has 1 unspecified atom stereocenters. The Labute approximate surface area is 112 Å². The molecule has 1 aliphatic rings. The van der Waals surface area contributed by atoms with E-state index in [1.807, 2.05) is 0 Å². The molecule has 0 heterocycles. The highest BCUT2D eigenvalue weighted by atomic mass is 16.5. The lowest BCUT2D eigenvalue weighted by atomic mass is 9.96. The summed E-state index contributed by atoms with van der Waals surface area (Å²) in [5, 5.41) is 9.06. The van der Waals surface area contributed by atoms with Crippen LogP contribution < -0.4 is 10.5 Å². The van der Waals surface area contributed by atoms with Crippen molar-refractivity contribution in [2.24, 2.45) is 11.7 Å². The van der Waals surface area contributed by atoms with Crippen molar-refractivity contribution in [2.45, 2.75) is 25.0 Å². The Kier molecular flexibility index (Phi) is 4.07. The van der Waals surface area contributed by atoms with Crippen molar-refractivity contribution in [3.8, 4) is 5.75 Å². The summed E-state index contributed by atoms with van der Waals surface area (Å²) >= 11 is 0. The summed E-state index contributed by atoms with van der Waals surface area (Å²) in [7, 11) is 1.33. The first-order valence-electron chi connectivity index (χ1n) is 6.30. The van der Waals surface area contributed by atoms with E-state index < -0.39 is 11.5 Å². The van der Waals surface area contributed by atoms with Crippen molar-refractivity contribution < 1.29 is 19.4 Å². The number of hydrogen-bond acceptors (Lipinski definition) is 5. The van der Waals surface area contributed by atoms with E-state index in [1.165, 1.54) is 7.11 Å². The van der Waals surface area contributed by atoms with Crippen LogP contribution >= 0.6 is 0 Å². The Morgan fingerprint density at radius 3 is 2.84 bits per heavy atom. The molecule has 0 aliphatic heterocycles. The Bertz CT molecular complexity index is 459. The van der Waals surface area contributed by atoms with Gasteiger partial charge >= 0.3 is 5.97 Å². The highest BCUT2D eigenvalue weighted by molar-refractivity contribution is 5.81. The van der Waals surface area contributed by atoms with E-state index in [1.54, 1.807) is 24.3 Å². The molecule has 1 saturated carbocycles. The molecule has 0 spiro atoms. The molecule has 104 valence electrons. The van der Waals surface area contributed by atoms with Crippen molar-refractivity contribution in [1.82, 2.24) is 0 Å². The maximum Gasteiger partial charge on any atom is 0.329 e. The summed E-state index contributed by atoms with van der Waals surface area (Å²) in [6.07, 6.45) is 1.84. The number of carbonyl (C=O) groups is 1. The van der Waals surface area contributed by atoms with Crippen molar-refractivity contribution in [3.05, 3.63) is 29.8 Å². The van der Waals surface area contributed by atoms with Crippen LogP contribution in [0.5, 0.6) is 5.75 Å². The summed E-state index contributed by atoms with van der Waals surface area (Å²) in [6, 6.07) is 7.08. The molecule has 3 N–H and O–H groups in total. The van der Waals surface area contributed by atoms with Crippen LogP contribution in [0, 0.1) is 5.92 Å². The van der Waals surface area contributed by atoms with Gasteiger partial charge in [-0.25, -0.2) is 4.79 Å². The zero-order valence-electron chi connectivity index (χ0n) is 11.0. The molecule has 0 radical (unpaired) electrons. The third kappa shape index (κ3) is 3.05. The lowest BCUT2D eigenvalue weighted by Gasteiger charge is -2.26. The molecule has 0 aromatic heterocycles. The number of esters is 1. The van der Waals surface area contributed by atoms with Gasteiger partial charge < -0.3 is 20.3 Å². The van der Waals surface area contributed by atoms with E-state index in [4.69, 9.17) is 20.3 Å². The van der Waals surface area contributed by atoms with Crippen LogP contribution in [0.2, 0.25) is 0 Å². The van der Waals surface area contributed by atoms with E-state index >= 15 is 0 Å². The number of methoxy groups -OCH3 is 1. The molecule has 2 rings (SSSR count). The molecule has 0 bridgehead atoms. The molecule has 0 amide bonds. The molecule has 1 aliphatic carbocycles. The normalized spacial score (nSPS) is 17.6. The third-order valence-electron chi connectivity index (χ3n) is 3.43. The van der Waals surface area contributed by atoms with Gasteiger partial charge in [-0.1, -0.05) is 12.1 Å². The van der Waals surface area contributed by atoms with Gasteiger partial charge in [-0.2, -0.15) is 0 Å². The van der Waals surface area contributed by atoms with Gasteiger partial charge in [-0.15, -0.1) is 0 Å². The zero-order chi connectivity index (χ0) is 13.9. The fourth-order valence-electron chi connectivity index (χ4n) is 2.07. The second kappa shape index (κ2) is 5.59. The Balaban J connectivity index is 2.04. The first-order chi connectivity index (χ1) is 9.10. The van der Waals surface area contributed by atoms with Gasteiger partial charge in [0.2, 0.25) is 0 Å². The van der Waals surface area contributed by atoms with Crippen LogP contribution in [0.15, 0.2) is 24.3 Å². The fraction of sp³-hybridized carbons (Fsp3) is 0.500. The average molecular weight is 265 g/mol. The van der Waals surface area contributed by atoms with Gasteiger partial charge in [0.05, 0.1) is 13.7 Å². The first kappa shape index (κ1) is 13.8. The van der Waals surface area contributed by atoms with E-state index in [0.717, 1.165) is 18.4 Å². The molecule has 1 atom stereocenters. The SMILES string of the molecule is COC(=O)C(N)(COc1cccc(CO)c1)C1CC1. The number of ether oxygens (including phenoxy) is 2. The van der Waals surface area contributed by atoms with Gasteiger partial charge in [-0.3, -0.25) is 0 Å². The predicted molar refractivity (Wildman–Crippen MR) is 69.5 cm³/mol. The zero-order valence-corrected chi connectivity index (χ0v) is 11.0. The lowest BCUT2D eigenvalue weighted by Crippen LogP contribution is -2.55. The molecule has 1 aromatic carbocycles. The molecule has 5 heteroatoms. The predicted octanol–water partition coefficient (Wildman–Crippen LogP) is 0.838. The number of aliphatic hydroxyl groups excluding tert-OH is 1. The van der Waals surface area contributed by atoms with Crippen LogP contribution in [0.4, 0.5) is 0 Å². The maximum absolute atomic E-state index is 11.8. The number of nitrogens with two attached hydrogens (primary N) is 1. The largest absolute Gasteiger partial charge is 0.491 e. The van der Waals surface area contributed by atoms with Crippen LogP contribution in [0.25, 0.3) is 0 Å². The van der Waals surface area contributed by atoms with Gasteiger partial charge in [0.25, 0.3) is 0 Å². The van der Waals surface area contributed by atoms with E-state index in [2.05, 4.69) is 0 Å². The van der Waals surface area contributed by atoms with Crippen molar-refractivity contribution in [2.75, 3.05) is 13.7 Å². The number of benzene rings is 1. The van der Waals surface area contributed by atoms with Crippen LogP contribution in [0.3, 0.4) is 0 Å². The quantitative estimate of drug-likeness (QED) is 0.745. The molecule has 1 fully saturated rings.